The molecule has 3 fully saturated rings. The zero-order chi connectivity index (χ0) is 15.2. The van der Waals surface area contributed by atoms with Crippen LogP contribution in [0, 0.1) is 29.6 Å². The lowest BCUT2D eigenvalue weighted by atomic mass is 9.77. The second-order valence-electron chi connectivity index (χ2n) is 6.95. The molecule has 0 aromatic carbocycles. The average Bonchev–Trinajstić information content (AvgIpc) is 3.24. The molecule has 0 unspecified atom stereocenters. The van der Waals surface area contributed by atoms with Gasteiger partial charge in [-0.3, -0.25) is 9.59 Å². The first-order valence-electron chi connectivity index (χ1n) is 7.94. The third kappa shape index (κ3) is 1.21. The van der Waals surface area contributed by atoms with Gasteiger partial charge in [0.15, 0.2) is 23.5 Å². The Labute approximate surface area is 128 Å². The highest BCUT2D eigenvalue weighted by atomic mass is 16.7. The van der Waals surface area contributed by atoms with Crippen molar-refractivity contribution in [1.29, 1.82) is 0 Å². The van der Waals surface area contributed by atoms with Crippen LogP contribution in [-0.2, 0) is 23.8 Å². The number of ether oxygens (including phenoxy) is 3. The monoisotopic (exact) mass is 302 g/mol. The third-order valence-corrected chi connectivity index (χ3v) is 6.16. The molecule has 0 aromatic rings. The van der Waals surface area contributed by atoms with Gasteiger partial charge in [0.25, 0.3) is 0 Å². The summed E-state index contributed by atoms with van der Waals surface area (Å²) in [7, 11) is 0. The minimum Gasteiger partial charge on any atom is -0.486 e. The fourth-order valence-corrected chi connectivity index (χ4v) is 5.62. The Balaban J connectivity index is 1.63. The number of carbonyl (C=O) groups is 2. The number of hydrogen-bond donors (Lipinski definition) is 0. The largest absolute Gasteiger partial charge is 0.486 e. The first-order valence-corrected chi connectivity index (χ1v) is 7.94. The molecule has 6 atom stereocenters. The van der Waals surface area contributed by atoms with Gasteiger partial charge in [-0.15, -0.1) is 0 Å². The maximum absolute atomic E-state index is 12.9. The summed E-state index contributed by atoms with van der Waals surface area (Å²) in [6.45, 7) is 4.49. The Morgan fingerprint density at radius 1 is 1.18 bits per heavy atom. The lowest BCUT2D eigenvalue weighted by molar-refractivity contribution is -0.192. The van der Waals surface area contributed by atoms with Gasteiger partial charge in [-0.25, -0.2) is 0 Å². The molecule has 2 aliphatic heterocycles. The predicted molar refractivity (Wildman–Crippen MR) is 74.5 cm³/mol. The van der Waals surface area contributed by atoms with Crippen LogP contribution in [0.15, 0.2) is 23.5 Å². The molecule has 3 aliphatic carbocycles. The number of ketones is 2. The highest BCUT2D eigenvalue weighted by Crippen LogP contribution is 2.66. The molecule has 5 heteroatoms. The van der Waals surface area contributed by atoms with Crippen molar-refractivity contribution in [2.24, 2.45) is 29.6 Å². The maximum atomic E-state index is 12.9. The molecule has 5 nitrogen and oxygen atoms in total. The van der Waals surface area contributed by atoms with Crippen molar-refractivity contribution in [3.8, 4) is 0 Å². The predicted octanol–water partition coefficient (Wildman–Crippen LogP) is 1.24. The first-order chi connectivity index (χ1) is 10.6. The SMILES string of the molecule is CC(=O)C1=C(C)O[C@H]2C(=O)[C@H]3[C@@H]([C@@H]12)[C@H]1C=C[C@@H]3C12OCCO2. The molecule has 2 heterocycles. The van der Waals surface area contributed by atoms with Gasteiger partial charge in [0, 0.05) is 29.2 Å². The summed E-state index contributed by atoms with van der Waals surface area (Å²) in [6.07, 6.45) is 3.70. The Hall–Kier alpha value is -1.46. The van der Waals surface area contributed by atoms with Crippen molar-refractivity contribution in [3.63, 3.8) is 0 Å². The fourth-order valence-electron chi connectivity index (χ4n) is 5.62. The van der Waals surface area contributed by atoms with E-state index in [-0.39, 0.29) is 41.2 Å². The summed E-state index contributed by atoms with van der Waals surface area (Å²) in [5.74, 6) is -0.175. The van der Waals surface area contributed by atoms with Crippen LogP contribution in [0.5, 0.6) is 0 Å². The third-order valence-electron chi connectivity index (χ3n) is 6.16. The van der Waals surface area contributed by atoms with Crippen LogP contribution in [0.2, 0.25) is 0 Å². The Kier molecular flexibility index (Phi) is 2.30. The molecule has 0 aromatic heterocycles. The molecule has 116 valence electrons. The standard InChI is InChI=1S/C17H18O5/c1-7(18)11-8(2)22-16-14(11)12-9-3-4-10(13(12)15(16)19)17(9)20-5-6-21-17/h3-4,9-10,12-14,16H,5-6H2,1-2H3/t9-,10+,12+,13-,14-,16-/m1/s1. The van der Waals surface area contributed by atoms with Crippen molar-refractivity contribution in [1.82, 2.24) is 0 Å². The number of fused-ring (bicyclic) bond motifs is 5. The average molecular weight is 302 g/mol. The molecule has 22 heavy (non-hydrogen) atoms. The van der Waals surface area contributed by atoms with Gasteiger partial charge >= 0.3 is 0 Å². The van der Waals surface area contributed by atoms with Crippen LogP contribution in [0.25, 0.3) is 0 Å². The van der Waals surface area contributed by atoms with Crippen LogP contribution < -0.4 is 0 Å². The second-order valence-corrected chi connectivity index (χ2v) is 6.95. The number of allylic oxidation sites excluding steroid dienone is 1. The number of rotatable bonds is 1. The smallest absolute Gasteiger partial charge is 0.182 e. The van der Waals surface area contributed by atoms with Crippen LogP contribution in [-0.4, -0.2) is 36.7 Å². The Morgan fingerprint density at radius 3 is 2.55 bits per heavy atom. The normalized spacial score (nSPS) is 46.5. The minimum absolute atomic E-state index is 0.00696. The van der Waals surface area contributed by atoms with E-state index in [1.165, 1.54) is 0 Å². The van der Waals surface area contributed by atoms with Gasteiger partial charge in [0.05, 0.1) is 13.2 Å². The van der Waals surface area contributed by atoms with Crippen LogP contribution in [0.3, 0.4) is 0 Å². The van der Waals surface area contributed by atoms with Gasteiger partial charge in [-0.05, 0) is 19.8 Å². The van der Waals surface area contributed by atoms with Crippen LogP contribution >= 0.6 is 0 Å². The van der Waals surface area contributed by atoms with Crippen LogP contribution in [0.1, 0.15) is 13.8 Å². The summed E-state index contributed by atoms with van der Waals surface area (Å²) in [6, 6.07) is 0. The maximum Gasteiger partial charge on any atom is 0.182 e. The molecule has 1 spiro atoms. The zero-order valence-corrected chi connectivity index (χ0v) is 12.6. The van der Waals surface area contributed by atoms with Crippen LogP contribution in [0.4, 0.5) is 0 Å². The topological polar surface area (TPSA) is 61.8 Å². The Bertz CT molecular complexity index is 654. The van der Waals surface area contributed by atoms with E-state index in [1.54, 1.807) is 13.8 Å². The molecular formula is C17H18O5. The van der Waals surface area contributed by atoms with E-state index in [1.807, 2.05) is 0 Å². The molecule has 2 bridgehead atoms. The lowest BCUT2D eigenvalue weighted by Gasteiger charge is -2.31. The van der Waals surface area contributed by atoms with Gasteiger partial charge in [-0.1, -0.05) is 12.2 Å². The quantitative estimate of drug-likeness (QED) is 0.682. The first kappa shape index (κ1) is 13.0. The van der Waals surface area contributed by atoms with Crippen molar-refractivity contribution in [3.05, 3.63) is 23.5 Å². The van der Waals surface area contributed by atoms with E-state index in [2.05, 4.69) is 12.2 Å². The van der Waals surface area contributed by atoms with Crippen molar-refractivity contribution in [2.45, 2.75) is 25.7 Å². The minimum atomic E-state index is -0.672. The van der Waals surface area contributed by atoms with Crippen molar-refractivity contribution >= 4 is 11.6 Å². The summed E-state index contributed by atoms with van der Waals surface area (Å²) >= 11 is 0. The number of carbonyl (C=O) groups excluding carboxylic acids is 2. The molecule has 5 aliphatic rings. The second kappa shape index (κ2) is 3.89. The van der Waals surface area contributed by atoms with Crippen molar-refractivity contribution in [2.75, 3.05) is 13.2 Å². The molecule has 0 radical (unpaired) electrons. The van der Waals surface area contributed by atoms with Gasteiger partial charge in [-0.2, -0.15) is 0 Å². The number of hydrogen-bond acceptors (Lipinski definition) is 5. The molecule has 2 saturated carbocycles. The molecule has 0 N–H and O–H groups in total. The zero-order valence-electron chi connectivity index (χ0n) is 12.6. The lowest BCUT2D eigenvalue weighted by Crippen LogP contribution is -2.41. The fraction of sp³-hybridized carbons (Fsp3) is 0.647. The van der Waals surface area contributed by atoms with E-state index in [0.717, 1.165) is 0 Å². The van der Waals surface area contributed by atoms with Gasteiger partial charge in [0.1, 0.15) is 5.76 Å². The summed E-state index contributed by atoms with van der Waals surface area (Å²) in [5.41, 5.74) is 0.694. The molecule has 1 saturated heterocycles. The molecular weight excluding hydrogens is 284 g/mol. The van der Waals surface area contributed by atoms with E-state index in [9.17, 15) is 9.59 Å². The van der Waals surface area contributed by atoms with E-state index < -0.39 is 11.9 Å². The molecule has 5 rings (SSSR count). The Morgan fingerprint density at radius 2 is 1.86 bits per heavy atom. The van der Waals surface area contributed by atoms with E-state index in [0.29, 0.717) is 24.5 Å². The summed E-state index contributed by atoms with van der Waals surface area (Å²) in [4.78, 5) is 25.0. The van der Waals surface area contributed by atoms with Gasteiger partial charge in [0.2, 0.25) is 0 Å². The van der Waals surface area contributed by atoms with Gasteiger partial charge < -0.3 is 14.2 Å². The van der Waals surface area contributed by atoms with Crippen molar-refractivity contribution < 1.29 is 23.8 Å². The van der Waals surface area contributed by atoms with E-state index in [4.69, 9.17) is 14.2 Å². The summed E-state index contributed by atoms with van der Waals surface area (Å²) < 4.78 is 17.7. The number of Topliss-reactive ketones (excluding diaryl/α,β-unsaturated/α-hetero) is 2. The highest BCUT2D eigenvalue weighted by molar-refractivity contribution is 6.00. The highest BCUT2D eigenvalue weighted by Gasteiger charge is 2.74. The molecule has 0 amide bonds. The van der Waals surface area contributed by atoms with E-state index >= 15 is 0 Å². The summed E-state index contributed by atoms with van der Waals surface area (Å²) in [5, 5.41) is 0.